The molecule has 2 heterocycles. The van der Waals surface area contributed by atoms with Gasteiger partial charge in [0.25, 0.3) is 5.91 Å². The van der Waals surface area contributed by atoms with E-state index in [1.165, 1.54) is 12.1 Å². The lowest BCUT2D eigenvalue weighted by molar-refractivity contribution is -0.161. The summed E-state index contributed by atoms with van der Waals surface area (Å²) in [5.41, 5.74) is 0.990. The number of likely N-dealkylation sites (tertiary alicyclic amines) is 1. The number of ether oxygens (including phenoxy) is 2. The molecule has 6 nitrogen and oxygen atoms in total. The van der Waals surface area contributed by atoms with E-state index in [1.54, 1.807) is 18.9 Å². The Kier molecular flexibility index (Phi) is 7.25. The van der Waals surface area contributed by atoms with Crippen molar-refractivity contribution in [1.82, 2.24) is 9.62 Å². The van der Waals surface area contributed by atoms with Crippen LogP contribution in [0.1, 0.15) is 64.6 Å². The number of phenols is 1. The molecule has 0 aromatic heterocycles. The summed E-state index contributed by atoms with van der Waals surface area (Å²) in [6.45, 7) is 13.0. The Morgan fingerprint density at radius 1 is 1.32 bits per heavy atom. The Labute approximate surface area is 189 Å². The minimum atomic E-state index is -0.731. The molecule has 2 fully saturated rings. The molecule has 1 amide bonds. The van der Waals surface area contributed by atoms with Crippen LogP contribution in [0.2, 0.25) is 0 Å². The summed E-state index contributed by atoms with van der Waals surface area (Å²) in [5.74, 6) is -0.840. The van der Waals surface area contributed by atoms with Crippen LogP contribution in [0.3, 0.4) is 0 Å². The first-order valence-electron chi connectivity index (χ1n) is 10.9. The second-order valence-electron chi connectivity index (χ2n) is 9.95. The monoisotopic (exact) mass is 454 g/mol. The second kappa shape index (κ2) is 9.25. The van der Waals surface area contributed by atoms with Crippen LogP contribution in [0.5, 0.6) is 5.75 Å². The van der Waals surface area contributed by atoms with Crippen molar-refractivity contribution >= 4 is 17.9 Å². The quantitative estimate of drug-likeness (QED) is 0.646. The topological polar surface area (TPSA) is 71.0 Å². The fourth-order valence-electron chi connectivity index (χ4n) is 4.05. The van der Waals surface area contributed by atoms with Crippen molar-refractivity contribution in [1.29, 1.82) is 0 Å². The van der Waals surface area contributed by atoms with Gasteiger partial charge < -0.3 is 19.5 Å². The summed E-state index contributed by atoms with van der Waals surface area (Å²) < 4.78 is 29.0. The highest BCUT2D eigenvalue weighted by atomic mass is 32.2. The molecule has 2 aliphatic heterocycles. The summed E-state index contributed by atoms with van der Waals surface area (Å²) in [6.07, 6.45) is 0.937. The largest absolute Gasteiger partial charge is 0.508 e. The maximum Gasteiger partial charge on any atom is 0.254 e. The number of hydrogen-bond donors (Lipinski definition) is 2. The maximum absolute atomic E-state index is 14.3. The van der Waals surface area contributed by atoms with Gasteiger partial charge in [-0.2, -0.15) is 0 Å². The third-order valence-electron chi connectivity index (χ3n) is 5.74. The molecule has 0 radical (unpaired) electrons. The summed E-state index contributed by atoms with van der Waals surface area (Å²) in [7, 11) is 0. The van der Waals surface area contributed by atoms with Gasteiger partial charge in [0.05, 0.1) is 6.61 Å². The van der Waals surface area contributed by atoms with Crippen molar-refractivity contribution in [2.24, 2.45) is 5.92 Å². The molecule has 2 aliphatic rings. The zero-order chi connectivity index (χ0) is 23.0. The minimum absolute atomic E-state index is 0.0400. The molecule has 0 spiro atoms. The number of hydrogen-bond acceptors (Lipinski definition) is 6. The van der Waals surface area contributed by atoms with Crippen molar-refractivity contribution in [2.75, 3.05) is 19.7 Å². The first-order chi connectivity index (χ1) is 14.4. The first-order valence-corrected chi connectivity index (χ1v) is 11.7. The van der Waals surface area contributed by atoms with E-state index in [4.69, 9.17) is 9.47 Å². The fraction of sp³-hybridized carbons (Fsp3) is 0.696. The SMILES string of the molecule is Cc1cc(O)c(C(NSC(C)(C)C)C2CCN(C(=O)C3COC(C)(C)O3)CC2)cc1F. The van der Waals surface area contributed by atoms with Crippen LogP contribution >= 0.6 is 11.9 Å². The van der Waals surface area contributed by atoms with Gasteiger partial charge in [-0.1, -0.05) is 11.9 Å². The average molecular weight is 455 g/mol. The normalized spacial score (nSPS) is 23.2. The minimum Gasteiger partial charge on any atom is -0.508 e. The first kappa shape index (κ1) is 24.3. The Morgan fingerprint density at radius 3 is 2.52 bits per heavy atom. The highest BCUT2D eigenvalue weighted by molar-refractivity contribution is 7.98. The number of piperidine rings is 1. The number of amides is 1. The Bertz CT molecular complexity index is 804. The van der Waals surface area contributed by atoms with Crippen molar-refractivity contribution in [3.05, 3.63) is 29.1 Å². The zero-order valence-electron chi connectivity index (χ0n) is 19.3. The van der Waals surface area contributed by atoms with Gasteiger partial charge >= 0.3 is 0 Å². The predicted octanol–water partition coefficient (Wildman–Crippen LogP) is 4.31. The van der Waals surface area contributed by atoms with Crippen molar-refractivity contribution in [3.8, 4) is 5.75 Å². The van der Waals surface area contributed by atoms with E-state index >= 15 is 0 Å². The molecule has 0 aliphatic carbocycles. The molecule has 1 aromatic rings. The van der Waals surface area contributed by atoms with Crippen LogP contribution in [0.4, 0.5) is 4.39 Å². The van der Waals surface area contributed by atoms with Crippen LogP contribution in [-0.2, 0) is 14.3 Å². The molecular weight excluding hydrogens is 419 g/mol. The van der Waals surface area contributed by atoms with Gasteiger partial charge in [-0.25, -0.2) is 4.39 Å². The van der Waals surface area contributed by atoms with Crippen LogP contribution in [0.25, 0.3) is 0 Å². The van der Waals surface area contributed by atoms with Crippen molar-refractivity contribution in [3.63, 3.8) is 0 Å². The molecule has 2 unspecified atom stereocenters. The molecule has 2 atom stereocenters. The lowest BCUT2D eigenvalue weighted by Gasteiger charge is -2.38. The Balaban J connectivity index is 1.71. The molecule has 2 saturated heterocycles. The van der Waals surface area contributed by atoms with E-state index in [1.807, 2.05) is 18.7 Å². The molecule has 1 aromatic carbocycles. The summed E-state index contributed by atoms with van der Waals surface area (Å²) in [4.78, 5) is 14.7. The van der Waals surface area contributed by atoms with Gasteiger partial charge in [0.2, 0.25) is 0 Å². The maximum atomic E-state index is 14.3. The van der Waals surface area contributed by atoms with Crippen LogP contribution in [0, 0.1) is 18.7 Å². The van der Waals surface area contributed by atoms with Gasteiger partial charge in [0.1, 0.15) is 11.6 Å². The van der Waals surface area contributed by atoms with E-state index in [0.29, 0.717) is 24.2 Å². The van der Waals surface area contributed by atoms with Gasteiger partial charge in [-0.15, -0.1) is 0 Å². The van der Waals surface area contributed by atoms with Crippen LogP contribution in [0.15, 0.2) is 12.1 Å². The average Bonchev–Trinajstić information content (AvgIpc) is 3.04. The zero-order valence-corrected chi connectivity index (χ0v) is 20.1. The summed E-state index contributed by atoms with van der Waals surface area (Å²) in [6, 6.07) is 2.70. The molecule has 0 saturated carbocycles. The molecule has 2 N–H and O–H groups in total. The number of phenolic OH excluding ortho intramolecular Hbond substituents is 1. The number of halogens is 1. The number of carbonyl (C=O) groups excluding carboxylic acids is 1. The Morgan fingerprint density at radius 2 is 1.97 bits per heavy atom. The van der Waals surface area contributed by atoms with Gasteiger partial charge in [-0.05, 0) is 78.0 Å². The predicted molar refractivity (Wildman–Crippen MR) is 120 cm³/mol. The van der Waals surface area contributed by atoms with Crippen molar-refractivity contribution < 1.29 is 23.8 Å². The van der Waals surface area contributed by atoms with E-state index in [-0.39, 0.29) is 40.8 Å². The molecule has 3 rings (SSSR count). The number of rotatable bonds is 5. The highest BCUT2D eigenvalue weighted by Crippen LogP contribution is 2.39. The number of benzene rings is 1. The number of nitrogens with one attached hydrogen (secondary N) is 1. The van der Waals surface area contributed by atoms with E-state index in [0.717, 1.165) is 12.8 Å². The van der Waals surface area contributed by atoms with Crippen LogP contribution in [-0.4, -0.2) is 52.2 Å². The fourth-order valence-corrected chi connectivity index (χ4v) is 4.85. The Hall–Kier alpha value is -1.35. The molecule has 0 bridgehead atoms. The number of nitrogens with zero attached hydrogens (tertiary/aromatic N) is 1. The number of aryl methyl sites for hydroxylation is 1. The number of aromatic hydroxyl groups is 1. The lowest BCUT2D eigenvalue weighted by Crippen LogP contribution is -2.46. The van der Waals surface area contributed by atoms with Crippen molar-refractivity contribution in [2.45, 2.75) is 77.1 Å². The summed E-state index contributed by atoms with van der Waals surface area (Å²) in [5, 5.41) is 10.6. The van der Waals surface area contributed by atoms with E-state index in [9.17, 15) is 14.3 Å². The highest BCUT2D eigenvalue weighted by Gasteiger charge is 2.40. The molecule has 8 heteroatoms. The third kappa shape index (κ3) is 6.12. The molecule has 31 heavy (non-hydrogen) atoms. The van der Waals surface area contributed by atoms with E-state index in [2.05, 4.69) is 25.5 Å². The summed E-state index contributed by atoms with van der Waals surface area (Å²) >= 11 is 1.58. The standard InChI is InChI=1S/C23H35FN2O4S/c1-14-11-18(27)16(12-17(14)24)20(25-31-22(2,3)4)15-7-9-26(10-8-15)21(28)19-13-29-23(5,6)30-19/h11-12,15,19-20,25,27H,7-10,13H2,1-6H3. The van der Waals surface area contributed by atoms with Gasteiger partial charge in [-0.3, -0.25) is 9.52 Å². The van der Waals surface area contributed by atoms with Gasteiger partial charge in [0, 0.05) is 29.4 Å². The molecule has 174 valence electrons. The smallest absolute Gasteiger partial charge is 0.254 e. The lowest BCUT2D eigenvalue weighted by atomic mass is 9.85. The second-order valence-corrected chi connectivity index (χ2v) is 11.6. The third-order valence-corrected chi connectivity index (χ3v) is 6.73. The molecular formula is C23H35FN2O4S. The van der Waals surface area contributed by atoms with E-state index < -0.39 is 11.9 Å². The van der Waals surface area contributed by atoms with Gasteiger partial charge in [0.15, 0.2) is 11.9 Å². The van der Waals surface area contributed by atoms with Crippen LogP contribution < -0.4 is 4.72 Å². The number of carbonyl (C=O) groups is 1.